The van der Waals surface area contributed by atoms with Crippen LogP contribution >= 0.6 is 0 Å². The van der Waals surface area contributed by atoms with E-state index in [9.17, 15) is 9.59 Å². The van der Waals surface area contributed by atoms with Gasteiger partial charge in [0.2, 0.25) is 5.91 Å². The molecule has 0 aliphatic heterocycles. The molecule has 0 saturated heterocycles. The van der Waals surface area contributed by atoms with Crippen molar-refractivity contribution in [1.29, 1.82) is 0 Å². The zero-order valence-corrected chi connectivity index (χ0v) is 9.09. The molecule has 0 aromatic heterocycles. The summed E-state index contributed by atoms with van der Waals surface area (Å²) in [7, 11) is 1.27. The van der Waals surface area contributed by atoms with E-state index in [0.717, 1.165) is 0 Å². The Morgan fingerprint density at radius 3 is 2.36 bits per heavy atom. The average molecular weight is 202 g/mol. The van der Waals surface area contributed by atoms with Crippen molar-refractivity contribution in [3.63, 3.8) is 0 Å². The van der Waals surface area contributed by atoms with Crippen LogP contribution in [0.5, 0.6) is 0 Å². The van der Waals surface area contributed by atoms with Crippen LogP contribution in [0.2, 0.25) is 0 Å². The van der Waals surface area contributed by atoms with Crippen LogP contribution in [0.15, 0.2) is 0 Å². The third-order valence-corrected chi connectivity index (χ3v) is 1.91. The standard InChI is InChI=1S/C9H18N2O3/c1-5-6(10)7(12)11-9(2,3)8(13)14-4/h6H,5,10H2,1-4H3,(H,11,12)/t6-/m1/s1. The maximum Gasteiger partial charge on any atom is 0.330 e. The molecule has 3 N–H and O–H groups in total. The molecule has 0 spiro atoms. The van der Waals surface area contributed by atoms with Gasteiger partial charge in [0.25, 0.3) is 0 Å². The lowest BCUT2D eigenvalue weighted by Gasteiger charge is -2.24. The Labute approximate surface area is 84.0 Å². The Kier molecular flexibility index (Phi) is 4.56. The summed E-state index contributed by atoms with van der Waals surface area (Å²) in [5.41, 5.74) is 4.47. The number of nitrogens with one attached hydrogen (secondary N) is 1. The Morgan fingerprint density at radius 1 is 1.50 bits per heavy atom. The molecular weight excluding hydrogens is 184 g/mol. The van der Waals surface area contributed by atoms with Crippen LogP contribution in [-0.4, -0.2) is 30.6 Å². The molecular formula is C9H18N2O3. The molecule has 0 aromatic carbocycles. The molecule has 0 aliphatic rings. The van der Waals surface area contributed by atoms with E-state index in [2.05, 4.69) is 10.1 Å². The highest BCUT2D eigenvalue weighted by molar-refractivity contribution is 5.89. The van der Waals surface area contributed by atoms with Gasteiger partial charge < -0.3 is 15.8 Å². The van der Waals surface area contributed by atoms with Crippen LogP contribution in [0.1, 0.15) is 27.2 Å². The zero-order valence-electron chi connectivity index (χ0n) is 9.09. The van der Waals surface area contributed by atoms with E-state index in [1.807, 2.05) is 0 Å². The predicted molar refractivity (Wildman–Crippen MR) is 52.5 cm³/mol. The quantitative estimate of drug-likeness (QED) is 0.618. The van der Waals surface area contributed by atoms with E-state index in [0.29, 0.717) is 6.42 Å². The first-order valence-corrected chi connectivity index (χ1v) is 4.51. The number of hydrogen-bond acceptors (Lipinski definition) is 4. The fourth-order valence-electron chi connectivity index (χ4n) is 0.892. The lowest BCUT2D eigenvalue weighted by Crippen LogP contribution is -2.54. The average Bonchev–Trinajstić information content (AvgIpc) is 2.14. The largest absolute Gasteiger partial charge is 0.467 e. The van der Waals surface area contributed by atoms with Crippen molar-refractivity contribution < 1.29 is 14.3 Å². The van der Waals surface area contributed by atoms with Gasteiger partial charge in [0, 0.05) is 0 Å². The van der Waals surface area contributed by atoms with E-state index in [4.69, 9.17) is 5.73 Å². The Bertz CT molecular complexity index is 226. The summed E-state index contributed by atoms with van der Waals surface area (Å²) in [5.74, 6) is -0.836. The molecule has 5 heteroatoms. The Morgan fingerprint density at radius 2 is 2.00 bits per heavy atom. The normalized spacial score (nSPS) is 13.2. The first kappa shape index (κ1) is 12.9. The van der Waals surface area contributed by atoms with Crippen molar-refractivity contribution in [3.05, 3.63) is 0 Å². The second-order valence-corrected chi connectivity index (χ2v) is 3.62. The van der Waals surface area contributed by atoms with Crippen molar-refractivity contribution in [1.82, 2.24) is 5.32 Å². The van der Waals surface area contributed by atoms with E-state index in [-0.39, 0.29) is 5.91 Å². The zero-order chi connectivity index (χ0) is 11.4. The summed E-state index contributed by atoms with van der Waals surface area (Å²) in [4.78, 5) is 22.6. The highest BCUT2D eigenvalue weighted by Gasteiger charge is 2.31. The van der Waals surface area contributed by atoms with Crippen molar-refractivity contribution in [2.45, 2.75) is 38.8 Å². The highest BCUT2D eigenvalue weighted by atomic mass is 16.5. The SMILES string of the molecule is CC[C@@H](N)C(=O)NC(C)(C)C(=O)OC. The van der Waals surface area contributed by atoms with Gasteiger partial charge in [0.15, 0.2) is 0 Å². The van der Waals surface area contributed by atoms with Gasteiger partial charge in [-0.2, -0.15) is 0 Å². The summed E-state index contributed by atoms with van der Waals surface area (Å²) in [6.45, 7) is 4.94. The number of ether oxygens (including phenoxy) is 1. The summed E-state index contributed by atoms with van der Waals surface area (Å²) >= 11 is 0. The lowest BCUT2D eigenvalue weighted by atomic mass is 10.1. The van der Waals surface area contributed by atoms with Gasteiger partial charge in [-0.3, -0.25) is 4.79 Å². The van der Waals surface area contributed by atoms with Gasteiger partial charge in [-0.05, 0) is 20.3 Å². The predicted octanol–water partition coefficient (Wildman–Crippen LogP) is -0.208. The van der Waals surface area contributed by atoms with Gasteiger partial charge in [-0.15, -0.1) is 0 Å². The molecule has 5 nitrogen and oxygen atoms in total. The van der Waals surface area contributed by atoms with Crippen molar-refractivity contribution >= 4 is 11.9 Å². The first-order valence-electron chi connectivity index (χ1n) is 4.51. The number of methoxy groups -OCH3 is 1. The summed E-state index contributed by atoms with van der Waals surface area (Å²) < 4.78 is 4.53. The van der Waals surface area contributed by atoms with Crippen molar-refractivity contribution in [2.24, 2.45) is 5.73 Å². The minimum absolute atomic E-state index is 0.345. The number of hydrogen-bond donors (Lipinski definition) is 2. The molecule has 0 aromatic rings. The molecule has 1 atom stereocenters. The van der Waals surface area contributed by atoms with Gasteiger partial charge in [0.05, 0.1) is 13.2 Å². The molecule has 82 valence electrons. The third-order valence-electron chi connectivity index (χ3n) is 1.91. The maximum atomic E-state index is 11.4. The fraction of sp³-hybridized carbons (Fsp3) is 0.778. The summed E-state index contributed by atoms with van der Waals surface area (Å²) in [5, 5.41) is 2.52. The van der Waals surface area contributed by atoms with Crippen LogP contribution in [0.4, 0.5) is 0 Å². The number of rotatable bonds is 4. The van der Waals surface area contributed by atoms with Crippen molar-refractivity contribution in [2.75, 3.05) is 7.11 Å². The Balaban J connectivity index is 4.36. The van der Waals surface area contributed by atoms with Crippen LogP contribution in [0.3, 0.4) is 0 Å². The maximum absolute atomic E-state index is 11.4. The summed E-state index contributed by atoms with van der Waals surface area (Å²) in [6.07, 6.45) is 0.531. The van der Waals surface area contributed by atoms with E-state index < -0.39 is 17.6 Å². The van der Waals surface area contributed by atoms with Gasteiger partial charge in [-0.25, -0.2) is 4.79 Å². The summed E-state index contributed by atoms with van der Waals surface area (Å²) in [6, 6.07) is -0.584. The highest BCUT2D eigenvalue weighted by Crippen LogP contribution is 2.05. The molecule has 1 amide bonds. The number of nitrogens with two attached hydrogens (primary N) is 1. The van der Waals surface area contributed by atoms with Crippen LogP contribution in [0, 0.1) is 0 Å². The molecule has 0 fully saturated rings. The minimum atomic E-state index is -1.03. The Hall–Kier alpha value is -1.10. The minimum Gasteiger partial charge on any atom is -0.467 e. The molecule has 0 unspecified atom stereocenters. The van der Waals surface area contributed by atoms with E-state index in [1.54, 1.807) is 20.8 Å². The number of carbonyl (C=O) groups excluding carboxylic acids is 2. The van der Waals surface area contributed by atoms with Gasteiger partial charge in [-0.1, -0.05) is 6.92 Å². The van der Waals surface area contributed by atoms with Crippen LogP contribution in [-0.2, 0) is 14.3 Å². The van der Waals surface area contributed by atoms with E-state index in [1.165, 1.54) is 7.11 Å². The molecule has 0 rings (SSSR count). The lowest BCUT2D eigenvalue weighted by molar-refractivity contribution is -0.149. The molecule has 0 aliphatic carbocycles. The molecule has 0 heterocycles. The second kappa shape index (κ2) is 4.95. The molecule has 0 radical (unpaired) electrons. The number of esters is 1. The molecule has 14 heavy (non-hydrogen) atoms. The van der Waals surface area contributed by atoms with E-state index >= 15 is 0 Å². The van der Waals surface area contributed by atoms with Crippen LogP contribution in [0.25, 0.3) is 0 Å². The topological polar surface area (TPSA) is 81.4 Å². The fourth-order valence-corrected chi connectivity index (χ4v) is 0.892. The van der Waals surface area contributed by atoms with Crippen molar-refractivity contribution in [3.8, 4) is 0 Å². The van der Waals surface area contributed by atoms with Gasteiger partial charge >= 0.3 is 5.97 Å². The number of amides is 1. The van der Waals surface area contributed by atoms with Gasteiger partial charge in [0.1, 0.15) is 5.54 Å². The molecule has 0 saturated carbocycles. The number of carbonyl (C=O) groups is 2. The monoisotopic (exact) mass is 202 g/mol. The van der Waals surface area contributed by atoms with Crippen LogP contribution < -0.4 is 11.1 Å². The molecule has 0 bridgehead atoms. The first-order chi connectivity index (χ1) is 6.35. The second-order valence-electron chi connectivity index (χ2n) is 3.62. The smallest absolute Gasteiger partial charge is 0.330 e. The third kappa shape index (κ3) is 3.33.